The van der Waals surface area contributed by atoms with E-state index in [-0.39, 0.29) is 11.9 Å². The molecule has 0 bridgehead atoms. The molecule has 1 unspecified atom stereocenters. The lowest BCUT2D eigenvalue weighted by Gasteiger charge is -2.23. The maximum atomic E-state index is 12.5. The summed E-state index contributed by atoms with van der Waals surface area (Å²) in [4.78, 5) is 18.6. The average molecular weight is 308 g/mol. The van der Waals surface area contributed by atoms with E-state index in [1.165, 1.54) is 0 Å². The third-order valence-corrected chi connectivity index (χ3v) is 4.14. The van der Waals surface area contributed by atoms with Gasteiger partial charge >= 0.3 is 0 Å². The van der Waals surface area contributed by atoms with Crippen molar-refractivity contribution in [3.63, 3.8) is 0 Å². The third kappa shape index (κ3) is 3.59. The Bertz CT molecular complexity index is 680. The molecule has 0 spiro atoms. The van der Waals surface area contributed by atoms with Gasteiger partial charge < -0.3 is 9.64 Å². The Balaban J connectivity index is 1.70. The van der Waals surface area contributed by atoms with Crippen molar-refractivity contribution in [3.05, 3.63) is 66.0 Å². The second-order valence-electron chi connectivity index (χ2n) is 5.58. The van der Waals surface area contributed by atoms with Gasteiger partial charge in [-0.3, -0.25) is 9.78 Å². The molecule has 1 aromatic carbocycles. The van der Waals surface area contributed by atoms with Gasteiger partial charge in [0, 0.05) is 25.0 Å². The SMILES string of the molecule is COc1ccc(C=CC(=O)N2CCCC2c2cccnc2)cc1. The fraction of sp³-hybridized carbons (Fsp3) is 0.263. The van der Waals surface area contributed by atoms with Crippen LogP contribution in [-0.2, 0) is 4.79 Å². The number of nitrogens with zero attached hydrogens (tertiary/aromatic N) is 2. The van der Waals surface area contributed by atoms with Crippen LogP contribution >= 0.6 is 0 Å². The fourth-order valence-electron chi connectivity index (χ4n) is 2.93. The first kappa shape index (κ1) is 15.3. The van der Waals surface area contributed by atoms with E-state index in [0.29, 0.717) is 0 Å². The molecule has 2 aromatic rings. The van der Waals surface area contributed by atoms with Gasteiger partial charge in [-0.1, -0.05) is 18.2 Å². The summed E-state index contributed by atoms with van der Waals surface area (Å²) in [5.74, 6) is 0.858. The number of amides is 1. The van der Waals surface area contributed by atoms with Crippen molar-refractivity contribution in [1.82, 2.24) is 9.88 Å². The number of methoxy groups -OCH3 is 1. The Labute approximate surface area is 136 Å². The first-order chi connectivity index (χ1) is 11.3. The number of benzene rings is 1. The number of carbonyl (C=O) groups excluding carboxylic acids is 1. The summed E-state index contributed by atoms with van der Waals surface area (Å²) in [6, 6.07) is 11.7. The normalized spacial score (nSPS) is 17.6. The van der Waals surface area contributed by atoms with Crippen LogP contribution in [0, 0.1) is 0 Å². The molecule has 23 heavy (non-hydrogen) atoms. The maximum Gasteiger partial charge on any atom is 0.247 e. The first-order valence-electron chi connectivity index (χ1n) is 7.80. The summed E-state index contributed by atoms with van der Waals surface area (Å²) in [5.41, 5.74) is 2.09. The Morgan fingerprint density at radius 2 is 2.13 bits per heavy atom. The zero-order valence-electron chi connectivity index (χ0n) is 13.2. The van der Waals surface area contributed by atoms with Crippen LogP contribution in [0.2, 0.25) is 0 Å². The molecule has 1 saturated heterocycles. The number of ether oxygens (including phenoxy) is 1. The number of likely N-dealkylation sites (tertiary alicyclic amines) is 1. The van der Waals surface area contributed by atoms with Gasteiger partial charge in [0.25, 0.3) is 0 Å². The molecule has 1 fully saturated rings. The fourth-order valence-corrected chi connectivity index (χ4v) is 2.93. The summed E-state index contributed by atoms with van der Waals surface area (Å²) in [6.07, 6.45) is 9.13. The zero-order chi connectivity index (χ0) is 16.1. The molecule has 4 heteroatoms. The van der Waals surface area contributed by atoms with Crippen LogP contribution < -0.4 is 4.74 Å². The van der Waals surface area contributed by atoms with Crippen LogP contribution in [-0.4, -0.2) is 29.4 Å². The van der Waals surface area contributed by atoms with Crippen LogP contribution in [0.25, 0.3) is 6.08 Å². The minimum Gasteiger partial charge on any atom is -0.497 e. The molecule has 1 aliphatic heterocycles. The van der Waals surface area contributed by atoms with Gasteiger partial charge in [-0.15, -0.1) is 0 Å². The van der Waals surface area contributed by atoms with E-state index >= 15 is 0 Å². The van der Waals surface area contributed by atoms with E-state index in [2.05, 4.69) is 4.98 Å². The molecule has 0 saturated carbocycles. The molecule has 0 aliphatic carbocycles. The molecule has 1 amide bonds. The topological polar surface area (TPSA) is 42.4 Å². The van der Waals surface area contributed by atoms with Crippen molar-refractivity contribution in [2.45, 2.75) is 18.9 Å². The van der Waals surface area contributed by atoms with E-state index in [4.69, 9.17) is 4.74 Å². The molecule has 3 rings (SSSR count). The summed E-state index contributed by atoms with van der Waals surface area (Å²) >= 11 is 0. The Kier molecular flexibility index (Phi) is 4.71. The monoisotopic (exact) mass is 308 g/mol. The van der Waals surface area contributed by atoms with Crippen molar-refractivity contribution < 1.29 is 9.53 Å². The summed E-state index contributed by atoms with van der Waals surface area (Å²) in [7, 11) is 1.64. The summed E-state index contributed by atoms with van der Waals surface area (Å²) in [5, 5.41) is 0. The van der Waals surface area contributed by atoms with Crippen molar-refractivity contribution >= 4 is 12.0 Å². The summed E-state index contributed by atoms with van der Waals surface area (Å²) < 4.78 is 5.13. The molecule has 0 radical (unpaired) electrons. The standard InChI is InChI=1S/C19H20N2O2/c1-23-17-9-6-15(7-10-17)8-11-19(22)21-13-3-5-18(21)16-4-2-12-20-14-16/h2,4,6-12,14,18H,3,5,13H2,1H3. The Hall–Kier alpha value is -2.62. The van der Waals surface area contributed by atoms with Crippen LogP contribution in [0.15, 0.2) is 54.9 Å². The van der Waals surface area contributed by atoms with Crippen molar-refractivity contribution in [1.29, 1.82) is 0 Å². The van der Waals surface area contributed by atoms with Crippen molar-refractivity contribution in [2.24, 2.45) is 0 Å². The van der Waals surface area contributed by atoms with Gasteiger partial charge in [-0.25, -0.2) is 0 Å². The minimum absolute atomic E-state index is 0.0483. The molecule has 1 aromatic heterocycles. The molecular formula is C19H20N2O2. The van der Waals surface area contributed by atoms with Crippen LogP contribution in [0.5, 0.6) is 5.75 Å². The third-order valence-electron chi connectivity index (χ3n) is 4.14. The maximum absolute atomic E-state index is 12.5. The van der Waals surface area contributed by atoms with E-state index in [1.807, 2.05) is 53.6 Å². The van der Waals surface area contributed by atoms with Crippen LogP contribution in [0.1, 0.15) is 30.0 Å². The second kappa shape index (κ2) is 7.09. The van der Waals surface area contributed by atoms with Crippen LogP contribution in [0.4, 0.5) is 0 Å². The average Bonchev–Trinajstić information content (AvgIpc) is 3.11. The molecule has 0 N–H and O–H groups in total. The smallest absolute Gasteiger partial charge is 0.247 e. The lowest BCUT2D eigenvalue weighted by molar-refractivity contribution is -0.126. The van der Waals surface area contributed by atoms with Crippen LogP contribution in [0.3, 0.4) is 0 Å². The Morgan fingerprint density at radius 1 is 1.30 bits per heavy atom. The highest BCUT2D eigenvalue weighted by molar-refractivity contribution is 5.92. The molecule has 4 nitrogen and oxygen atoms in total. The van der Waals surface area contributed by atoms with E-state index in [1.54, 1.807) is 19.4 Å². The molecular weight excluding hydrogens is 288 g/mol. The zero-order valence-corrected chi connectivity index (χ0v) is 13.2. The van der Waals surface area contributed by atoms with E-state index < -0.39 is 0 Å². The molecule has 118 valence electrons. The highest BCUT2D eigenvalue weighted by atomic mass is 16.5. The van der Waals surface area contributed by atoms with Crippen molar-refractivity contribution in [2.75, 3.05) is 13.7 Å². The molecule has 1 atom stereocenters. The van der Waals surface area contributed by atoms with Gasteiger partial charge in [0.15, 0.2) is 0 Å². The van der Waals surface area contributed by atoms with Gasteiger partial charge in [-0.2, -0.15) is 0 Å². The predicted octanol–water partition coefficient (Wildman–Crippen LogP) is 3.47. The number of carbonyl (C=O) groups is 1. The highest BCUT2D eigenvalue weighted by Crippen LogP contribution is 2.31. The number of rotatable bonds is 4. The summed E-state index contributed by atoms with van der Waals surface area (Å²) in [6.45, 7) is 0.797. The number of hydrogen-bond acceptors (Lipinski definition) is 3. The molecule has 2 heterocycles. The second-order valence-corrected chi connectivity index (χ2v) is 5.58. The van der Waals surface area contributed by atoms with Crippen molar-refractivity contribution in [3.8, 4) is 5.75 Å². The highest BCUT2D eigenvalue weighted by Gasteiger charge is 2.28. The molecule has 1 aliphatic rings. The van der Waals surface area contributed by atoms with Gasteiger partial charge in [-0.05, 0) is 48.2 Å². The van der Waals surface area contributed by atoms with E-state index in [0.717, 1.165) is 36.3 Å². The van der Waals surface area contributed by atoms with Gasteiger partial charge in [0.2, 0.25) is 5.91 Å². The number of pyridine rings is 1. The minimum atomic E-state index is 0.0483. The Morgan fingerprint density at radius 3 is 2.83 bits per heavy atom. The van der Waals surface area contributed by atoms with E-state index in [9.17, 15) is 4.79 Å². The lowest BCUT2D eigenvalue weighted by atomic mass is 10.1. The number of hydrogen-bond donors (Lipinski definition) is 0. The first-order valence-corrected chi connectivity index (χ1v) is 7.80. The number of aromatic nitrogens is 1. The quantitative estimate of drug-likeness (QED) is 0.812. The predicted molar refractivity (Wildman–Crippen MR) is 90.0 cm³/mol. The van der Waals surface area contributed by atoms with Gasteiger partial charge in [0.05, 0.1) is 13.2 Å². The largest absolute Gasteiger partial charge is 0.497 e. The lowest BCUT2D eigenvalue weighted by Crippen LogP contribution is -2.28. The van der Waals surface area contributed by atoms with Gasteiger partial charge in [0.1, 0.15) is 5.75 Å².